The number of rotatable bonds is 7. The summed E-state index contributed by atoms with van der Waals surface area (Å²) in [6.07, 6.45) is 0. The van der Waals surface area contributed by atoms with Crippen molar-refractivity contribution >= 4 is 33.5 Å². The fourth-order valence-electron chi connectivity index (χ4n) is 4.98. The fourth-order valence-corrected chi connectivity index (χ4v) is 5.25. The molecule has 196 valence electrons. The Balaban J connectivity index is 1.37. The minimum atomic E-state index is -0.515. The van der Waals surface area contributed by atoms with Crippen LogP contribution in [0.15, 0.2) is 102 Å². The lowest BCUT2D eigenvalue weighted by molar-refractivity contribution is 0.0459. The van der Waals surface area contributed by atoms with E-state index in [0.29, 0.717) is 34.9 Å². The smallest absolute Gasteiger partial charge is 0.338 e. The van der Waals surface area contributed by atoms with Crippen LogP contribution in [0.3, 0.4) is 0 Å². The Kier molecular flexibility index (Phi) is 7.04. The molecule has 2 aliphatic heterocycles. The molecule has 0 bridgehead atoms. The van der Waals surface area contributed by atoms with E-state index in [2.05, 4.69) is 21.2 Å². The monoisotopic (exact) mass is 584 g/mol. The predicted octanol–water partition coefficient (Wildman–Crippen LogP) is 5.89. The van der Waals surface area contributed by atoms with Gasteiger partial charge in [0, 0.05) is 22.6 Å². The summed E-state index contributed by atoms with van der Waals surface area (Å²) in [6, 6.07) is 28.9. The zero-order chi connectivity index (χ0) is 26.8. The van der Waals surface area contributed by atoms with E-state index in [1.165, 1.54) is 0 Å². The van der Waals surface area contributed by atoms with E-state index in [4.69, 9.17) is 14.2 Å². The number of benzene rings is 4. The number of hydrogen-bond donors (Lipinski definition) is 1. The Morgan fingerprint density at radius 3 is 2.21 bits per heavy atom. The Morgan fingerprint density at radius 1 is 0.872 bits per heavy atom. The maximum atomic E-state index is 14.0. The van der Waals surface area contributed by atoms with Gasteiger partial charge in [-0.1, -0.05) is 64.5 Å². The van der Waals surface area contributed by atoms with Crippen LogP contribution in [0, 0.1) is 0 Å². The quantitative estimate of drug-likeness (QED) is 0.273. The van der Waals surface area contributed by atoms with Crippen LogP contribution in [-0.2, 0) is 11.3 Å². The van der Waals surface area contributed by atoms with E-state index < -0.39 is 12.0 Å². The average molecular weight is 585 g/mol. The van der Waals surface area contributed by atoms with Gasteiger partial charge in [0.2, 0.25) is 6.79 Å². The molecule has 2 aliphatic rings. The Bertz CT molecular complexity index is 1500. The lowest BCUT2D eigenvalue weighted by Gasteiger charge is -2.29. The van der Waals surface area contributed by atoms with Crippen LogP contribution in [-0.4, -0.2) is 31.3 Å². The molecule has 4 aromatic rings. The second-order valence-electron chi connectivity index (χ2n) is 9.32. The molecule has 8 heteroatoms. The van der Waals surface area contributed by atoms with Gasteiger partial charge in [-0.25, -0.2) is 4.79 Å². The number of carbonyl (C=O) groups is 2. The zero-order valence-electron chi connectivity index (χ0n) is 20.9. The first kappa shape index (κ1) is 25.2. The maximum absolute atomic E-state index is 14.0. The third-order valence-corrected chi connectivity index (χ3v) is 7.44. The molecule has 0 saturated heterocycles. The summed E-state index contributed by atoms with van der Waals surface area (Å²) in [7, 11) is 0. The minimum Gasteiger partial charge on any atom is -0.460 e. The SMILES string of the molecule is O=C(OC[C@@H]1[C@@H](NCc2ccc(Br)cc2)c2cc3c(cc2N1C(=O)c1ccccc1)OCO3)c1ccccc1. The summed E-state index contributed by atoms with van der Waals surface area (Å²) in [5, 5.41) is 3.62. The van der Waals surface area contributed by atoms with Gasteiger partial charge in [-0.3, -0.25) is 9.69 Å². The lowest BCUT2D eigenvalue weighted by Crippen LogP contribution is -2.46. The second-order valence-corrected chi connectivity index (χ2v) is 10.2. The van der Waals surface area contributed by atoms with Crippen molar-refractivity contribution in [2.24, 2.45) is 0 Å². The van der Waals surface area contributed by atoms with Gasteiger partial charge in [0.15, 0.2) is 11.5 Å². The third-order valence-electron chi connectivity index (χ3n) is 6.91. The molecule has 0 aromatic heterocycles. The molecule has 0 saturated carbocycles. The highest BCUT2D eigenvalue weighted by atomic mass is 79.9. The molecule has 39 heavy (non-hydrogen) atoms. The van der Waals surface area contributed by atoms with Crippen molar-refractivity contribution in [2.45, 2.75) is 18.6 Å². The lowest BCUT2D eigenvalue weighted by atomic mass is 10.0. The number of carbonyl (C=O) groups excluding carboxylic acids is 2. The van der Waals surface area contributed by atoms with E-state index in [0.717, 1.165) is 15.6 Å². The molecule has 7 nitrogen and oxygen atoms in total. The highest BCUT2D eigenvalue weighted by Gasteiger charge is 2.44. The summed E-state index contributed by atoms with van der Waals surface area (Å²) in [5.74, 6) is 0.565. The number of esters is 1. The third kappa shape index (κ3) is 5.13. The van der Waals surface area contributed by atoms with Crippen LogP contribution in [0.1, 0.15) is 37.9 Å². The Morgan fingerprint density at radius 2 is 1.51 bits per heavy atom. The van der Waals surface area contributed by atoms with E-state index in [9.17, 15) is 9.59 Å². The zero-order valence-corrected chi connectivity index (χ0v) is 22.5. The molecule has 0 unspecified atom stereocenters. The van der Waals surface area contributed by atoms with E-state index in [1.54, 1.807) is 41.3 Å². The number of anilines is 1. The average Bonchev–Trinajstić information content (AvgIpc) is 3.56. The summed E-state index contributed by atoms with van der Waals surface area (Å²) < 4.78 is 18.1. The first-order valence-electron chi connectivity index (χ1n) is 12.6. The Hall–Kier alpha value is -4.14. The van der Waals surface area contributed by atoms with Gasteiger partial charge in [-0.2, -0.15) is 0 Å². The number of halogens is 1. The van der Waals surface area contributed by atoms with Crippen molar-refractivity contribution in [2.75, 3.05) is 18.3 Å². The molecule has 0 spiro atoms. The van der Waals surface area contributed by atoms with E-state index in [1.807, 2.05) is 60.7 Å². The minimum absolute atomic E-state index is 0.00856. The highest BCUT2D eigenvalue weighted by molar-refractivity contribution is 9.10. The summed E-state index contributed by atoms with van der Waals surface area (Å²) in [5.41, 5.74) is 3.64. The second kappa shape index (κ2) is 10.9. The van der Waals surface area contributed by atoms with Crippen LogP contribution in [0.5, 0.6) is 11.5 Å². The van der Waals surface area contributed by atoms with Gasteiger partial charge in [0.25, 0.3) is 5.91 Å². The highest BCUT2D eigenvalue weighted by Crippen LogP contribution is 2.47. The molecule has 0 radical (unpaired) electrons. The molecule has 6 rings (SSSR count). The standard InChI is InChI=1S/C31H25BrN2O5/c32-23-13-11-20(12-14-23)17-33-29-24-15-27-28(39-19-38-27)16-25(24)34(30(35)21-7-3-1-4-8-21)26(29)18-37-31(36)22-9-5-2-6-10-22/h1-16,26,29,33H,17-19H2/t26-,29+/m1/s1. The van der Waals surface area contributed by atoms with E-state index >= 15 is 0 Å². The van der Waals surface area contributed by atoms with Gasteiger partial charge < -0.3 is 19.5 Å². The predicted molar refractivity (Wildman–Crippen MR) is 150 cm³/mol. The normalized spacial score (nSPS) is 17.1. The van der Waals surface area contributed by atoms with Crippen molar-refractivity contribution in [1.29, 1.82) is 0 Å². The van der Waals surface area contributed by atoms with Crippen molar-refractivity contribution in [1.82, 2.24) is 5.32 Å². The first-order chi connectivity index (χ1) is 19.1. The molecular formula is C31H25BrN2O5. The van der Waals surface area contributed by atoms with Crippen molar-refractivity contribution in [3.8, 4) is 11.5 Å². The van der Waals surface area contributed by atoms with Crippen LogP contribution >= 0.6 is 15.9 Å². The number of amides is 1. The van der Waals surface area contributed by atoms with Crippen molar-refractivity contribution < 1.29 is 23.8 Å². The van der Waals surface area contributed by atoms with Crippen LogP contribution in [0.25, 0.3) is 0 Å². The van der Waals surface area contributed by atoms with Gasteiger partial charge >= 0.3 is 5.97 Å². The van der Waals surface area contributed by atoms with Gasteiger partial charge in [-0.15, -0.1) is 0 Å². The summed E-state index contributed by atoms with van der Waals surface area (Å²) >= 11 is 3.48. The van der Waals surface area contributed by atoms with Gasteiger partial charge in [-0.05, 0) is 53.6 Å². The fraction of sp³-hybridized carbons (Fsp3) is 0.161. The number of fused-ring (bicyclic) bond motifs is 2. The van der Waals surface area contributed by atoms with Crippen molar-refractivity contribution in [3.63, 3.8) is 0 Å². The molecule has 2 heterocycles. The summed E-state index contributed by atoms with van der Waals surface area (Å²) in [4.78, 5) is 28.6. The van der Waals surface area contributed by atoms with Gasteiger partial charge in [0.1, 0.15) is 6.61 Å². The largest absolute Gasteiger partial charge is 0.460 e. The molecular weight excluding hydrogens is 560 g/mol. The molecule has 2 atom stereocenters. The van der Waals surface area contributed by atoms with Crippen LogP contribution in [0.4, 0.5) is 5.69 Å². The molecule has 1 N–H and O–H groups in total. The Labute approximate surface area is 234 Å². The first-order valence-corrected chi connectivity index (χ1v) is 13.4. The van der Waals surface area contributed by atoms with E-state index in [-0.39, 0.29) is 25.3 Å². The topological polar surface area (TPSA) is 77.1 Å². The molecule has 4 aromatic carbocycles. The number of nitrogens with one attached hydrogen (secondary N) is 1. The summed E-state index contributed by atoms with van der Waals surface area (Å²) in [6.45, 7) is 0.660. The number of ether oxygens (including phenoxy) is 3. The van der Waals surface area contributed by atoms with Crippen LogP contribution < -0.4 is 19.7 Å². The molecule has 0 aliphatic carbocycles. The number of hydrogen-bond acceptors (Lipinski definition) is 6. The molecule has 1 amide bonds. The van der Waals surface area contributed by atoms with Crippen molar-refractivity contribution in [3.05, 3.63) is 124 Å². The van der Waals surface area contributed by atoms with Gasteiger partial charge in [0.05, 0.1) is 23.3 Å². The maximum Gasteiger partial charge on any atom is 0.338 e. The molecule has 0 fully saturated rings. The number of nitrogens with zero attached hydrogens (tertiary/aromatic N) is 1. The van der Waals surface area contributed by atoms with Crippen LogP contribution in [0.2, 0.25) is 0 Å².